The molecule has 110 valence electrons. The van der Waals surface area contributed by atoms with Crippen molar-refractivity contribution in [3.05, 3.63) is 29.6 Å². The molecule has 2 rings (SSSR count). The van der Waals surface area contributed by atoms with Gasteiger partial charge in [0.05, 0.1) is 17.3 Å². The summed E-state index contributed by atoms with van der Waals surface area (Å²) in [4.78, 5) is 0. The third kappa shape index (κ3) is 2.90. The van der Waals surface area contributed by atoms with Gasteiger partial charge in [0.25, 0.3) is 0 Å². The molecule has 20 heavy (non-hydrogen) atoms. The maximum Gasteiger partial charge on any atom is 0.497 e. The van der Waals surface area contributed by atoms with Crippen LogP contribution in [0, 0.1) is 5.82 Å². The molecule has 1 heterocycles. The number of hydrogen-bond donors (Lipinski definition) is 1. The van der Waals surface area contributed by atoms with E-state index < -0.39 is 24.4 Å². The van der Waals surface area contributed by atoms with Gasteiger partial charge in [-0.2, -0.15) is 0 Å². The molecule has 1 aliphatic rings. The Balaban J connectivity index is 2.30. The Bertz CT molecular complexity index is 484. The maximum absolute atomic E-state index is 14.0. The fourth-order valence-electron chi connectivity index (χ4n) is 2.21. The van der Waals surface area contributed by atoms with E-state index in [1.165, 1.54) is 6.07 Å². The fourth-order valence-corrected chi connectivity index (χ4v) is 2.21. The lowest BCUT2D eigenvalue weighted by atomic mass is 9.77. The van der Waals surface area contributed by atoms with Crippen molar-refractivity contribution in [3.63, 3.8) is 0 Å². The van der Waals surface area contributed by atoms with Crippen molar-refractivity contribution < 1.29 is 18.8 Å². The number of rotatable bonds is 3. The van der Waals surface area contributed by atoms with Crippen LogP contribution in [0.25, 0.3) is 0 Å². The average Bonchev–Trinajstić information content (AvgIpc) is 2.50. The summed E-state index contributed by atoms with van der Waals surface area (Å²) in [6.07, 6.45) is 0.0129. The molecule has 1 fully saturated rings. The van der Waals surface area contributed by atoms with Gasteiger partial charge in [0.2, 0.25) is 0 Å². The molecule has 1 unspecified atom stereocenters. The summed E-state index contributed by atoms with van der Waals surface area (Å²) >= 11 is 0. The third-order valence-electron chi connectivity index (χ3n) is 4.10. The van der Waals surface area contributed by atoms with Crippen LogP contribution in [0.2, 0.25) is 0 Å². The van der Waals surface area contributed by atoms with Crippen LogP contribution in [0.3, 0.4) is 0 Å². The van der Waals surface area contributed by atoms with Gasteiger partial charge < -0.3 is 14.4 Å². The molecule has 0 aliphatic carbocycles. The zero-order chi connectivity index (χ0) is 15.1. The van der Waals surface area contributed by atoms with E-state index >= 15 is 0 Å². The van der Waals surface area contributed by atoms with Crippen molar-refractivity contribution in [3.8, 4) is 0 Å². The highest BCUT2D eigenvalue weighted by Crippen LogP contribution is 2.36. The van der Waals surface area contributed by atoms with E-state index in [4.69, 9.17) is 9.31 Å². The highest BCUT2D eigenvalue weighted by Gasteiger charge is 2.52. The predicted octanol–water partition coefficient (Wildman–Crippen LogP) is 2.05. The third-order valence-corrected chi connectivity index (χ3v) is 4.10. The van der Waals surface area contributed by atoms with Crippen LogP contribution < -0.4 is 5.46 Å². The Labute approximate surface area is 120 Å². The molecule has 0 amide bonds. The molecule has 0 aromatic heterocycles. The first-order valence-corrected chi connectivity index (χ1v) is 6.94. The smallest absolute Gasteiger partial charge is 0.399 e. The second-order valence-corrected chi connectivity index (χ2v) is 6.50. The van der Waals surface area contributed by atoms with E-state index in [-0.39, 0.29) is 5.82 Å². The van der Waals surface area contributed by atoms with Crippen LogP contribution in [0.1, 0.15) is 40.2 Å². The van der Waals surface area contributed by atoms with Crippen LogP contribution in [0.5, 0.6) is 0 Å². The van der Waals surface area contributed by atoms with Crippen LogP contribution in [0.15, 0.2) is 18.2 Å². The van der Waals surface area contributed by atoms with Gasteiger partial charge in [-0.15, -0.1) is 0 Å². The van der Waals surface area contributed by atoms with E-state index in [0.29, 0.717) is 11.9 Å². The molecule has 1 aromatic rings. The summed E-state index contributed by atoms with van der Waals surface area (Å²) in [6.45, 7) is 9.45. The maximum atomic E-state index is 14.0. The van der Waals surface area contributed by atoms with E-state index in [0.717, 1.165) is 5.56 Å². The fraction of sp³-hybridized carbons (Fsp3) is 0.600. The Morgan fingerprint density at radius 2 is 1.75 bits per heavy atom. The molecular formula is C15H22BFO3. The largest absolute Gasteiger partial charge is 0.497 e. The minimum atomic E-state index is -0.714. The van der Waals surface area contributed by atoms with Gasteiger partial charge >= 0.3 is 7.12 Å². The minimum Gasteiger partial charge on any atom is -0.399 e. The van der Waals surface area contributed by atoms with Crippen LogP contribution >= 0.6 is 0 Å². The van der Waals surface area contributed by atoms with Gasteiger partial charge in [-0.3, -0.25) is 0 Å². The lowest BCUT2D eigenvalue weighted by Gasteiger charge is -2.32. The Morgan fingerprint density at radius 1 is 1.20 bits per heavy atom. The lowest BCUT2D eigenvalue weighted by Crippen LogP contribution is -2.41. The van der Waals surface area contributed by atoms with Crippen molar-refractivity contribution in [2.75, 3.05) is 0 Å². The molecule has 0 spiro atoms. The number of benzene rings is 1. The SMILES string of the molecule is CC(O)Cc1ccc(F)c(B2OC(C)(C)C(C)(C)O2)c1. The average molecular weight is 280 g/mol. The van der Waals surface area contributed by atoms with Crippen molar-refractivity contribution in [2.45, 2.75) is 58.3 Å². The summed E-state index contributed by atoms with van der Waals surface area (Å²) in [5.41, 5.74) is 0.266. The van der Waals surface area contributed by atoms with Gasteiger partial charge in [0, 0.05) is 5.46 Å². The first-order valence-electron chi connectivity index (χ1n) is 6.94. The number of hydrogen-bond acceptors (Lipinski definition) is 3. The van der Waals surface area contributed by atoms with E-state index in [9.17, 15) is 9.50 Å². The number of aliphatic hydroxyl groups excluding tert-OH is 1. The van der Waals surface area contributed by atoms with Crippen molar-refractivity contribution in [1.29, 1.82) is 0 Å². The van der Waals surface area contributed by atoms with Gasteiger partial charge in [0.1, 0.15) is 5.82 Å². The Kier molecular flexibility index (Phi) is 3.97. The molecule has 1 N–H and O–H groups in total. The summed E-state index contributed by atoms with van der Waals surface area (Å²) in [5, 5.41) is 9.44. The van der Waals surface area contributed by atoms with Crippen LogP contribution in [0.4, 0.5) is 4.39 Å². The lowest BCUT2D eigenvalue weighted by molar-refractivity contribution is 0.00578. The minimum absolute atomic E-state index is 0.349. The van der Waals surface area contributed by atoms with E-state index in [2.05, 4.69) is 0 Å². The van der Waals surface area contributed by atoms with E-state index in [1.54, 1.807) is 19.1 Å². The summed E-state index contributed by atoms with van der Waals surface area (Å²) in [5.74, 6) is -0.349. The van der Waals surface area contributed by atoms with Gasteiger partial charge in [-0.05, 0) is 52.7 Å². The highest BCUT2D eigenvalue weighted by molar-refractivity contribution is 6.62. The molecule has 1 saturated heterocycles. The van der Waals surface area contributed by atoms with Crippen molar-refractivity contribution in [2.24, 2.45) is 0 Å². The Hall–Kier alpha value is -0.905. The first-order chi connectivity index (χ1) is 9.12. The molecular weight excluding hydrogens is 258 g/mol. The zero-order valence-corrected chi connectivity index (χ0v) is 12.7. The molecule has 5 heteroatoms. The van der Waals surface area contributed by atoms with Gasteiger partial charge in [-0.25, -0.2) is 4.39 Å². The van der Waals surface area contributed by atoms with Crippen LogP contribution in [-0.2, 0) is 15.7 Å². The van der Waals surface area contributed by atoms with Crippen molar-refractivity contribution in [1.82, 2.24) is 0 Å². The highest BCUT2D eigenvalue weighted by atomic mass is 19.1. The molecule has 3 nitrogen and oxygen atoms in total. The zero-order valence-electron chi connectivity index (χ0n) is 12.7. The summed E-state index contributed by atoms with van der Waals surface area (Å²) in [7, 11) is -0.714. The molecule has 0 bridgehead atoms. The number of aliphatic hydroxyl groups is 1. The standard InChI is InChI=1S/C15H22BFO3/c1-10(18)8-11-6-7-13(17)12(9-11)16-19-14(2,3)15(4,5)20-16/h6-7,9-10,18H,8H2,1-5H3. The van der Waals surface area contributed by atoms with Crippen LogP contribution in [-0.4, -0.2) is 29.5 Å². The second kappa shape index (κ2) is 5.13. The molecule has 1 aliphatic heterocycles. The summed E-state index contributed by atoms with van der Waals surface area (Å²) < 4.78 is 25.8. The molecule has 0 saturated carbocycles. The molecule has 0 radical (unpaired) electrons. The van der Waals surface area contributed by atoms with Gasteiger partial charge in [-0.1, -0.05) is 12.1 Å². The summed E-state index contributed by atoms with van der Waals surface area (Å²) in [6, 6.07) is 4.79. The monoisotopic (exact) mass is 280 g/mol. The Morgan fingerprint density at radius 3 is 2.25 bits per heavy atom. The van der Waals surface area contributed by atoms with Crippen molar-refractivity contribution >= 4 is 12.6 Å². The van der Waals surface area contributed by atoms with Gasteiger partial charge in [0.15, 0.2) is 0 Å². The first kappa shape index (κ1) is 15.5. The molecule has 1 atom stereocenters. The topological polar surface area (TPSA) is 38.7 Å². The number of halogens is 1. The molecule has 1 aromatic carbocycles. The normalized spacial score (nSPS) is 22.1. The quantitative estimate of drug-likeness (QED) is 0.861. The predicted molar refractivity (Wildman–Crippen MR) is 77.5 cm³/mol. The second-order valence-electron chi connectivity index (χ2n) is 6.50. The van der Waals surface area contributed by atoms with E-state index in [1.807, 2.05) is 27.7 Å².